The molecule has 0 amide bonds. The largest absolute Gasteiger partial charge is 0.383 e. The molecule has 1 aliphatic rings. The number of fused-ring (bicyclic) bond motifs is 1. The number of hydrogen-bond donors (Lipinski definition) is 3. The predicted molar refractivity (Wildman–Crippen MR) is 96.2 cm³/mol. The lowest BCUT2D eigenvalue weighted by molar-refractivity contribution is 0.706. The molecular weight excluding hydrogens is 286 g/mol. The van der Waals surface area contributed by atoms with Crippen molar-refractivity contribution >= 4 is 23.0 Å². The minimum atomic E-state index is -0.0292. The highest BCUT2D eigenvalue weighted by atomic mass is 15.0. The van der Waals surface area contributed by atoms with Gasteiger partial charge in [0.15, 0.2) is 0 Å². The summed E-state index contributed by atoms with van der Waals surface area (Å²) < 4.78 is 0. The van der Waals surface area contributed by atoms with Gasteiger partial charge in [-0.3, -0.25) is 0 Å². The van der Waals surface area contributed by atoms with Gasteiger partial charge in [-0.15, -0.1) is 0 Å². The molecule has 0 saturated carbocycles. The highest BCUT2D eigenvalue weighted by molar-refractivity contribution is 5.82. The molecule has 120 valence electrons. The Morgan fingerprint density at radius 2 is 1.91 bits per heavy atom. The number of rotatable bonds is 2. The van der Waals surface area contributed by atoms with E-state index < -0.39 is 0 Å². The Balaban J connectivity index is 2.00. The van der Waals surface area contributed by atoms with Gasteiger partial charge in [0.2, 0.25) is 5.95 Å². The second-order valence-corrected chi connectivity index (χ2v) is 6.82. The normalized spacial score (nSPS) is 15.6. The van der Waals surface area contributed by atoms with E-state index >= 15 is 0 Å². The van der Waals surface area contributed by atoms with E-state index in [4.69, 9.17) is 11.5 Å². The number of nitrogens with two attached hydrogens (primary N) is 2. The zero-order valence-corrected chi connectivity index (χ0v) is 14.1. The van der Waals surface area contributed by atoms with Crippen LogP contribution < -0.4 is 16.8 Å². The van der Waals surface area contributed by atoms with E-state index in [0.717, 1.165) is 5.56 Å². The summed E-state index contributed by atoms with van der Waals surface area (Å²) in [5.41, 5.74) is 18.5. The van der Waals surface area contributed by atoms with Gasteiger partial charge in [0, 0.05) is 29.4 Å². The van der Waals surface area contributed by atoms with E-state index in [9.17, 15) is 0 Å². The third-order valence-corrected chi connectivity index (χ3v) is 4.16. The van der Waals surface area contributed by atoms with Crippen LogP contribution >= 0.6 is 0 Å². The summed E-state index contributed by atoms with van der Waals surface area (Å²) >= 11 is 0. The van der Waals surface area contributed by atoms with E-state index in [-0.39, 0.29) is 11.5 Å². The second kappa shape index (κ2) is 5.26. The first kappa shape index (κ1) is 15.3. The first-order valence-electron chi connectivity index (χ1n) is 7.73. The van der Waals surface area contributed by atoms with Crippen LogP contribution in [-0.2, 0) is 6.42 Å². The fourth-order valence-corrected chi connectivity index (χ4v) is 3.21. The van der Waals surface area contributed by atoms with Crippen LogP contribution in [0, 0.1) is 6.92 Å². The van der Waals surface area contributed by atoms with Crippen LogP contribution in [0.3, 0.4) is 0 Å². The maximum absolute atomic E-state index is 5.95. The molecule has 0 spiro atoms. The summed E-state index contributed by atoms with van der Waals surface area (Å²) in [5.74, 6) is 0.650. The first-order chi connectivity index (χ1) is 10.7. The van der Waals surface area contributed by atoms with E-state index in [1.165, 1.54) is 28.0 Å². The van der Waals surface area contributed by atoms with Crippen molar-refractivity contribution in [1.29, 1.82) is 0 Å². The molecule has 2 heterocycles. The summed E-state index contributed by atoms with van der Waals surface area (Å²) in [4.78, 5) is 8.08. The zero-order valence-electron chi connectivity index (χ0n) is 14.1. The van der Waals surface area contributed by atoms with Crippen LogP contribution in [0.25, 0.3) is 5.57 Å². The topological polar surface area (TPSA) is 89.8 Å². The molecular formula is C18H23N5. The summed E-state index contributed by atoms with van der Waals surface area (Å²) in [5, 5.41) is 3.60. The molecule has 0 bridgehead atoms. The molecule has 1 aromatic carbocycles. The van der Waals surface area contributed by atoms with Gasteiger partial charge >= 0.3 is 0 Å². The lowest BCUT2D eigenvalue weighted by atomic mass is 9.87. The average Bonchev–Trinajstić information content (AvgIpc) is 2.43. The number of aryl methyl sites for hydroxylation is 1. The molecule has 23 heavy (non-hydrogen) atoms. The number of nitrogens with one attached hydrogen (secondary N) is 1. The third kappa shape index (κ3) is 2.99. The van der Waals surface area contributed by atoms with Crippen LogP contribution in [0.15, 0.2) is 24.4 Å². The van der Waals surface area contributed by atoms with E-state index in [1.807, 2.05) is 0 Å². The van der Waals surface area contributed by atoms with Crippen LogP contribution in [-0.4, -0.2) is 15.5 Å². The molecule has 0 unspecified atom stereocenters. The van der Waals surface area contributed by atoms with E-state index in [1.54, 1.807) is 6.20 Å². The smallest absolute Gasteiger partial charge is 0.221 e. The lowest BCUT2D eigenvalue weighted by Crippen LogP contribution is -2.32. The monoisotopic (exact) mass is 309 g/mol. The summed E-state index contributed by atoms with van der Waals surface area (Å²) in [6.45, 7) is 8.65. The molecule has 3 rings (SSSR count). The number of allylic oxidation sites excluding steroid dienone is 1. The van der Waals surface area contributed by atoms with E-state index in [0.29, 0.717) is 12.2 Å². The summed E-state index contributed by atoms with van der Waals surface area (Å²) in [6.07, 6.45) is 4.66. The number of aromatic nitrogens is 2. The molecule has 1 aromatic heterocycles. The van der Waals surface area contributed by atoms with Gasteiger partial charge in [0.25, 0.3) is 0 Å². The Morgan fingerprint density at radius 3 is 2.61 bits per heavy atom. The van der Waals surface area contributed by atoms with Crippen molar-refractivity contribution in [3.8, 4) is 0 Å². The predicted octanol–water partition coefficient (Wildman–Crippen LogP) is 3.15. The van der Waals surface area contributed by atoms with Crippen LogP contribution in [0.2, 0.25) is 0 Å². The van der Waals surface area contributed by atoms with Crippen molar-refractivity contribution in [2.45, 2.75) is 39.7 Å². The third-order valence-electron chi connectivity index (χ3n) is 4.16. The van der Waals surface area contributed by atoms with Crippen molar-refractivity contribution in [1.82, 2.24) is 9.97 Å². The standard InChI is InChI=1S/C18H23N5/c1-10-5-12(6-13-9-21-17(20)22-16(13)19)7-14-11(2)8-18(3,4)23-15(10)14/h5,7-9,23H,6H2,1-4H3,(H4,19,20,21,22). The Hall–Kier alpha value is -2.56. The van der Waals surface area contributed by atoms with E-state index in [2.05, 4.69) is 61.2 Å². The number of nitrogen functional groups attached to an aromatic ring is 2. The Kier molecular flexibility index (Phi) is 3.51. The van der Waals surface area contributed by atoms with Crippen molar-refractivity contribution < 1.29 is 0 Å². The van der Waals surface area contributed by atoms with Crippen LogP contribution in [0.4, 0.5) is 17.5 Å². The molecule has 0 saturated heterocycles. The number of benzene rings is 1. The maximum atomic E-state index is 5.95. The molecule has 2 aromatic rings. The highest BCUT2D eigenvalue weighted by Crippen LogP contribution is 2.37. The second-order valence-electron chi connectivity index (χ2n) is 6.82. The molecule has 5 nitrogen and oxygen atoms in total. The SMILES string of the molecule is CC1=CC(C)(C)Nc2c(C)cc(Cc3cnc(N)nc3N)cc21. The number of hydrogen-bond acceptors (Lipinski definition) is 5. The lowest BCUT2D eigenvalue weighted by Gasteiger charge is -2.33. The minimum Gasteiger partial charge on any atom is -0.383 e. The Morgan fingerprint density at radius 1 is 1.17 bits per heavy atom. The Labute approximate surface area is 136 Å². The quantitative estimate of drug-likeness (QED) is 0.793. The fourth-order valence-electron chi connectivity index (χ4n) is 3.21. The van der Waals surface area contributed by atoms with Crippen molar-refractivity contribution in [2.75, 3.05) is 16.8 Å². The van der Waals surface area contributed by atoms with Gasteiger partial charge in [0.05, 0.1) is 5.54 Å². The maximum Gasteiger partial charge on any atom is 0.221 e. The average molecular weight is 309 g/mol. The molecule has 5 heteroatoms. The van der Waals surface area contributed by atoms with Gasteiger partial charge in [-0.2, -0.15) is 4.98 Å². The van der Waals surface area contributed by atoms with Crippen LogP contribution in [0.1, 0.15) is 43.0 Å². The van der Waals surface area contributed by atoms with Gasteiger partial charge in [-0.1, -0.05) is 12.1 Å². The molecule has 0 radical (unpaired) electrons. The zero-order chi connectivity index (χ0) is 16.8. The fraction of sp³-hybridized carbons (Fsp3) is 0.333. The van der Waals surface area contributed by atoms with Gasteiger partial charge < -0.3 is 16.8 Å². The molecule has 5 N–H and O–H groups in total. The summed E-state index contributed by atoms with van der Waals surface area (Å²) in [7, 11) is 0. The van der Waals surface area contributed by atoms with Crippen molar-refractivity contribution in [3.05, 3.63) is 46.7 Å². The molecule has 1 aliphatic heterocycles. The number of anilines is 3. The molecule has 0 aliphatic carbocycles. The van der Waals surface area contributed by atoms with Gasteiger partial charge in [-0.05, 0) is 50.5 Å². The molecule has 0 fully saturated rings. The number of nitrogens with zero attached hydrogens (tertiary/aromatic N) is 2. The minimum absolute atomic E-state index is 0.0292. The van der Waals surface area contributed by atoms with Crippen LogP contribution in [0.5, 0.6) is 0 Å². The van der Waals surface area contributed by atoms with Gasteiger partial charge in [-0.25, -0.2) is 4.98 Å². The Bertz CT molecular complexity index is 805. The van der Waals surface area contributed by atoms with Crippen molar-refractivity contribution in [3.63, 3.8) is 0 Å². The first-order valence-corrected chi connectivity index (χ1v) is 7.73. The van der Waals surface area contributed by atoms with Gasteiger partial charge in [0.1, 0.15) is 5.82 Å². The molecule has 0 atom stereocenters. The highest BCUT2D eigenvalue weighted by Gasteiger charge is 2.24. The van der Waals surface area contributed by atoms with Crippen molar-refractivity contribution in [2.24, 2.45) is 0 Å². The summed E-state index contributed by atoms with van der Waals surface area (Å²) in [6, 6.07) is 4.41.